The third kappa shape index (κ3) is 3.82. The van der Waals surface area contributed by atoms with Crippen LogP contribution in [0.3, 0.4) is 0 Å². The third-order valence-electron chi connectivity index (χ3n) is 3.22. The van der Waals surface area contributed by atoms with Crippen molar-refractivity contribution in [2.45, 2.75) is 20.8 Å². The molecule has 0 fully saturated rings. The molecule has 0 radical (unpaired) electrons. The Morgan fingerprint density at radius 2 is 1.81 bits per heavy atom. The number of hydrogen-bond acceptors (Lipinski definition) is 1. The molecule has 0 spiro atoms. The molecule has 1 aromatic carbocycles. The molecule has 2 nitrogen and oxygen atoms in total. The summed E-state index contributed by atoms with van der Waals surface area (Å²) < 4.78 is 0. The van der Waals surface area contributed by atoms with Gasteiger partial charge >= 0.3 is 0 Å². The summed E-state index contributed by atoms with van der Waals surface area (Å²) in [6.07, 6.45) is 7.59. The zero-order valence-electron chi connectivity index (χ0n) is 13.1. The van der Waals surface area contributed by atoms with E-state index < -0.39 is 0 Å². The molecule has 1 aliphatic heterocycles. The van der Waals surface area contributed by atoms with E-state index in [1.165, 1.54) is 0 Å². The van der Waals surface area contributed by atoms with Gasteiger partial charge < -0.3 is 4.90 Å². The number of carbonyl (C=O) groups is 1. The molecule has 0 aromatic heterocycles. The number of anilines is 1. The van der Waals surface area contributed by atoms with Crippen LogP contribution in [0.5, 0.6) is 0 Å². The molecule has 2 rings (SSSR count). The van der Waals surface area contributed by atoms with Crippen molar-refractivity contribution in [3.8, 4) is 0 Å². The normalized spacial score (nSPS) is 18.3. The van der Waals surface area contributed by atoms with Crippen molar-refractivity contribution < 1.29 is 4.79 Å². The van der Waals surface area contributed by atoms with Gasteiger partial charge in [-0.1, -0.05) is 69.5 Å². The van der Waals surface area contributed by atoms with Gasteiger partial charge in [0, 0.05) is 6.92 Å². The number of rotatable bonds is 2. The number of hydrogen-bond donors (Lipinski definition) is 0. The number of allylic oxidation sites excluding steroid dienone is 3. The predicted molar refractivity (Wildman–Crippen MR) is 92.3 cm³/mol. The minimum atomic E-state index is 0.0190. The number of fused-ring (bicyclic) bond motifs is 1. The van der Waals surface area contributed by atoms with E-state index in [0.29, 0.717) is 6.54 Å². The van der Waals surface area contributed by atoms with Crippen molar-refractivity contribution in [2.24, 2.45) is 0 Å². The summed E-state index contributed by atoms with van der Waals surface area (Å²) in [5.74, 6) is 0.0190. The first-order valence-electron chi connectivity index (χ1n) is 7.20. The molecular formula is C19H23NO. The second-order valence-corrected chi connectivity index (χ2v) is 4.39. The monoisotopic (exact) mass is 281 g/mol. The number of benzene rings is 1. The molecule has 2 heteroatoms. The van der Waals surface area contributed by atoms with Crippen LogP contribution in [-0.2, 0) is 4.79 Å². The molecule has 0 bridgehead atoms. The van der Waals surface area contributed by atoms with Gasteiger partial charge in [0.25, 0.3) is 0 Å². The lowest BCUT2D eigenvalue weighted by molar-refractivity contribution is -0.116. The van der Waals surface area contributed by atoms with Crippen LogP contribution < -0.4 is 4.90 Å². The van der Waals surface area contributed by atoms with Crippen molar-refractivity contribution in [3.05, 3.63) is 72.4 Å². The van der Waals surface area contributed by atoms with E-state index in [4.69, 9.17) is 0 Å². The lowest BCUT2D eigenvalue weighted by Crippen LogP contribution is -2.31. The van der Waals surface area contributed by atoms with Crippen LogP contribution in [0, 0.1) is 0 Å². The quantitative estimate of drug-likeness (QED) is 0.765. The van der Waals surface area contributed by atoms with Gasteiger partial charge in [-0.3, -0.25) is 4.79 Å². The molecule has 1 heterocycles. The van der Waals surface area contributed by atoms with Crippen molar-refractivity contribution >= 4 is 17.7 Å². The predicted octanol–water partition coefficient (Wildman–Crippen LogP) is 4.76. The molecule has 0 atom stereocenters. The van der Waals surface area contributed by atoms with Gasteiger partial charge in [-0.25, -0.2) is 0 Å². The van der Waals surface area contributed by atoms with E-state index >= 15 is 0 Å². The van der Waals surface area contributed by atoms with Gasteiger partial charge in [-0.2, -0.15) is 0 Å². The number of amides is 1. The molecule has 21 heavy (non-hydrogen) atoms. The topological polar surface area (TPSA) is 20.3 Å². The lowest BCUT2D eigenvalue weighted by atomic mass is 10.0. The zero-order chi connectivity index (χ0) is 15.8. The Balaban J connectivity index is 0.00000106. The lowest BCUT2D eigenvalue weighted by Gasteiger charge is -2.26. The average molecular weight is 281 g/mol. The van der Waals surface area contributed by atoms with Crippen molar-refractivity contribution in [1.29, 1.82) is 0 Å². The minimum absolute atomic E-state index is 0.0190. The van der Waals surface area contributed by atoms with Crippen LogP contribution in [0.4, 0.5) is 5.69 Å². The number of para-hydroxylation sites is 1. The van der Waals surface area contributed by atoms with Gasteiger partial charge in [0.1, 0.15) is 0 Å². The SMILES string of the molecule is C=CC1=C(\C=C)CN(C(C)=O)c2ccccc2/C=C\1.CC. The van der Waals surface area contributed by atoms with E-state index in [1.54, 1.807) is 24.0 Å². The summed E-state index contributed by atoms with van der Waals surface area (Å²) in [6.45, 7) is 13.7. The highest BCUT2D eigenvalue weighted by Crippen LogP contribution is 2.27. The Hall–Kier alpha value is -2.35. The van der Waals surface area contributed by atoms with E-state index in [0.717, 1.165) is 22.4 Å². The average Bonchev–Trinajstić information content (AvgIpc) is 2.50. The van der Waals surface area contributed by atoms with E-state index in [1.807, 2.05) is 50.3 Å². The highest BCUT2D eigenvalue weighted by molar-refractivity contribution is 5.95. The molecule has 1 amide bonds. The van der Waals surface area contributed by atoms with Crippen LogP contribution in [0.15, 0.2) is 66.8 Å². The molecule has 0 N–H and O–H groups in total. The number of carbonyl (C=O) groups excluding carboxylic acids is 1. The second-order valence-electron chi connectivity index (χ2n) is 4.39. The van der Waals surface area contributed by atoms with Gasteiger partial charge in [0.15, 0.2) is 0 Å². The van der Waals surface area contributed by atoms with Crippen LogP contribution in [-0.4, -0.2) is 12.5 Å². The fourth-order valence-electron chi connectivity index (χ4n) is 2.17. The first-order valence-corrected chi connectivity index (χ1v) is 7.20. The van der Waals surface area contributed by atoms with Crippen LogP contribution in [0.1, 0.15) is 26.3 Å². The molecule has 1 aromatic rings. The summed E-state index contributed by atoms with van der Waals surface area (Å²) in [7, 11) is 0. The smallest absolute Gasteiger partial charge is 0.224 e. The fourth-order valence-corrected chi connectivity index (χ4v) is 2.17. The Bertz CT molecular complexity index is 593. The molecular weight excluding hydrogens is 258 g/mol. The highest BCUT2D eigenvalue weighted by Gasteiger charge is 2.17. The van der Waals surface area contributed by atoms with Crippen LogP contribution in [0.2, 0.25) is 0 Å². The summed E-state index contributed by atoms with van der Waals surface area (Å²) in [5.41, 5.74) is 3.94. The first kappa shape index (κ1) is 16.7. The Kier molecular flexibility index (Phi) is 6.41. The van der Waals surface area contributed by atoms with E-state index in [2.05, 4.69) is 13.2 Å². The van der Waals surface area contributed by atoms with E-state index in [-0.39, 0.29) is 5.91 Å². The minimum Gasteiger partial charge on any atom is -0.308 e. The standard InChI is InChI=1S/C17H17NO.C2H6/c1-4-14-10-11-16-8-6-7-9-17(16)18(13(3)19)12-15(14)5-2;1-2/h4-11H,1-2,12H2,3H3;1-2H3/b11-10-,15-14-;. The second kappa shape index (κ2) is 8.05. The Morgan fingerprint density at radius 1 is 1.14 bits per heavy atom. The van der Waals surface area contributed by atoms with Crippen molar-refractivity contribution in [1.82, 2.24) is 0 Å². The Labute approximate surface area is 127 Å². The molecule has 0 aliphatic carbocycles. The van der Waals surface area contributed by atoms with Gasteiger partial charge in [0.05, 0.1) is 12.2 Å². The number of nitrogens with zero attached hydrogens (tertiary/aromatic N) is 1. The summed E-state index contributed by atoms with van der Waals surface area (Å²) in [4.78, 5) is 13.7. The van der Waals surface area contributed by atoms with Crippen LogP contribution in [0.25, 0.3) is 6.08 Å². The van der Waals surface area contributed by atoms with Crippen molar-refractivity contribution in [3.63, 3.8) is 0 Å². The Morgan fingerprint density at radius 3 is 2.38 bits per heavy atom. The third-order valence-corrected chi connectivity index (χ3v) is 3.22. The van der Waals surface area contributed by atoms with Gasteiger partial charge in [-0.15, -0.1) is 0 Å². The maximum absolute atomic E-state index is 11.9. The largest absolute Gasteiger partial charge is 0.308 e. The maximum atomic E-state index is 11.9. The molecule has 0 unspecified atom stereocenters. The van der Waals surface area contributed by atoms with Crippen molar-refractivity contribution in [2.75, 3.05) is 11.4 Å². The first-order chi connectivity index (χ1) is 10.2. The van der Waals surface area contributed by atoms with E-state index in [9.17, 15) is 4.79 Å². The maximum Gasteiger partial charge on any atom is 0.224 e. The van der Waals surface area contributed by atoms with Gasteiger partial charge in [-0.05, 0) is 22.8 Å². The summed E-state index contributed by atoms with van der Waals surface area (Å²) >= 11 is 0. The fraction of sp³-hybridized carbons (Fsp3) is 0.211. The molecule has 110 valence electrons. The molecule has 0 saturated heterocycles. The van der Waals surface area contributed by atoms with Crippen LogP contribution >= 0.6 is 0 Å². The van der Waals surface area contributed by atoms with Gasteiger partial charge in [0.2, 0.25) is 5.91 Å². The molecule has 1 aliphatic rings. The molecule has 0 saturated carbocycles. The summed E-state index contributed by atoms with van der Waals surface area (Å²) in [5, 5.41) is 0. The highest BCUT2D eigenvalue weighted by atomic mass is 16.2. The zero-order valence-corrected chi connectivity index (χ0v) is 13.1. The summed E-state index contributed by atoms with van der Waals surface area (Å²) in [6, 6.07) is 7.87.